The molecule has 96 valence electrons. The Morgan fingerprint density at radius 1 is 1.05 bits per heavy atom. The number of hydrogen-bond acceptors (Lipinski definition) is 2. The number of nitrogens with one attached hydrogen (secondary N) is 2. The molecule has 2 aromatic rings. The average molecular weight is 317 g/mol. The van der Waals surface area contributed by atoms with Crippen LogP contribution >= 0.6 is 15.9 Å². The zero-order valence-electron chi connectivity index (χ0n) is 10.4. The average Bonchev–Trinajstić information content (AvgIpc) is 2.39. The first kappa shape index (κ1) is 12.2. The van der Waals surface area contributed by atoms with E-state index < -0.39 is 5.66 Å². The number of fused-ring (bicyclic) bond motifs is 1. The number of carbonyl (C=O) groups excluding carboxylic acids is 1. The van der Waals surface area contributed by atoms with Crippen LogP contribution in [0.2, 0.25) is 0 Å². The molecule has 3 rings (SSSR count). The fourth-order valence-corrected chi connectivity index (χ4v) is 2.69. The van der Waals surface area contributed by atoms with Crippen LogP contribution < -0.4 is 10.6 Å². The molecule has 3 nitrogen and oxygen atoms in total. The van der Waals surface area contributed by atoms with Crippen molar-refractivity contribution in [2.45, 2.75) is 12.6 Å². The van der Waals surface area contributed by atoms with E-state index in [1.54, 1.807) is 0 Å². The van der Waals surface area contributed by atoms with Gasteiger partial charge < -0.3 is 10.6 Å². The number of carbonyl (C=O) groups is 1. The third-order valence-electron chi connectivity index (χ3n) is 3.33. The Bertz CT molecular complexity index is 642. The van der Waals surface area contributed by atoms with Crippen molar-refractivity contribution in [1.82, 2.24) is 5.32 Å². The fourth-order valence-electron chi connectivity index (χ4n) is 2.33. The van der Waals surface area contributed by atoms with E-state index >= 15 is 0 Å². The molecule has 0 unspecified atom stereocenters. The Hall–Kier alpha value is -1.81. The molecule has 1 heterocycles. The van der Waals surface area contributed by atoms with E-state index in [1.165, 1.54) is 0 Å². The highest BCUT2D eigenvalue weighted by atomic mass is 79.9. The Labute approximate surface area is 120 Å². The SMILES string of the molecule is C[C@]1(c2ccccc2)NC(=O)c2ccc(Br)cc2N1. The van der Waals surface area contributed by atoms with Crippen molar-refractivity contribution in [1.29, 1.82) is 0 Å². The monoisotopic (exact) mass is 316 g/mol. The van der Waals surface area contributed by atoms with Crippen molar-refractivity contribution in [2.75, 3.05) is 5.32 Å². The number of halogens is 1. The molecular weight excluding hydrogens is 304 g/mol. The Kier molecular flexibility index (Phi) is 2.82. The molecule has 0 aromatic heterocycles. The largest absolute Gasteiger partial charge is 0.359 e. The van der Waals surface area contributed by atoms with E-state index in [9.17, 15) is 4.79 Å². The molecule has 4 heteroatoms. The van der Waals surface area contributed by atoms with Crippen molar-refractivity contribution >= 4 is 27.5 Å². The standard InChI is InChI=1S/C15H13BrN2O/c1-15(10-5-3-2-4-6-10)17-13-9-11(16)7-8-12(13)14(19)18-15/h2-9,17H,1H3,(H,18,19)/t15-/m1/s1. The van der Waals surface area contributed by atoms with Crippen LogP contribution in [0.15, 0.2) is 53.0 Å². The molecular formula is C15H13BrN2O. The maximum atomic E-state index is 12.2. The molecule has 2 aromatic carbocycles. The van der Waals surface area contributed by atoms with E-state index in [0.717, 1.165) is 15.7 Å². The summed E-state index contributed by atoms with van der Waals surface area (Å²) in [4.78, 5) is 12.2. The highest BCUT2D eigenvalue weighted by Gasteiger charge is 2.34. The lowest BCUT2D eigenvalue weighted by Gasteiger charge is -2.38. The number of hydrogen-bond donors (Lipinski definition) is 2. The maximum absolute atomic E-state index is 12.2. The van der Waals surface area contributed by atoms with Crippen LogP contribution in [0.5, 0.6) is 0 Å². The zero-order chi connectivity index (χ0) is 13.5. The number of rotatable bonds is 1. The second-order valence-corrected chi connectivity index (χ2v) is 5.68. The van der Waals surface area contributed by atoms with E-state index in [0.29, 0.717) is 5.56 Å². The summed E-state index contributed by atoms with van der Waals surface area (Å²) >= 11 is 3.43. The molecule has 0 radical (unpaired) electrons. The highest BCUT2D eigenvalue weighted by Crippen LogP contribution is 2.32. The van der Waals surface area contributed by atoms with Gasteiger partial charge in [0, 0.05) is 4.47 Å². The van der Waals surface area contributed by atoms with Crippen molar-refractivity contribution < 1.29 is 4.79 Å². The molecule has 0 spiro atoms. The molecule has 0 saturated heterocycles. The summed E-state index contributed by atoms with van der Waals surface area (Å²) < 4.78 is 0.948. The summed E-state index contributed by atoms with van der Waals surface area (Å²) in [5.74, 6) is -0.0624. The summed E-state index contributed by atoms with van der Waals surface area (Å²) in [6.07, 6.45) is 0. The van der Waals surface area contributed by atoms with Gasteiger partial charge in [0.05, 0.1) is 11.3 Å². The maximum Gasteiger partial charge on any atom is 0.255 e. The molecule has 1 aliphatic rings. The smallest absolute Gasteiger partial charge is 0.255 e. The van der Waals surface area contributed by atoms with Crippen LogP contribution in [-0.2, 0) is 5.66 Å². The van der Waals surface area contributed by atoms with Gasteiger partial charge in [-0.1, -0.05) is 46.3 Å². The van der Waals surface area contributed by atoms with Crippen LogP contribution in [0, 0.1) is 0 Å². The van der Waals surface area contributed by atoms with Crippen molar-refractivity contribution in [3.8, 4) is 0 Å². The van der Waals surface area contributed by atoms with Crippen molar-refractivity contribution in [3.05, 3.63) is 64.1 Å². The third-order valence-corrected chi connectivity index (χ3v) is 3.82. The minimum absolute atomic E-state index is 0.0624. The van der Waals surface area contributed by atoms with Gasteiger partial charge in [0.1, 0.15) is 5.66 Å². The molecule has 0 fully saturated rings. The molecule has 0 bridgehead atoms. The van der Waals surface area contributed by atoms with Gasteiger partial charge in [0.25, 0.3) is 5.91 Å². The summed E-state index contributed by atoms with van der Waals surface area (Å²) in [5.41, 5.74) is 1.93. The van der Waals surface area contributed by atoms with E-state index in [1.807, 2.05) is 55.5 Å². The quantitative estimate of drug-likeness (QED) is 0.845. The van der Waals surface area contributed by atoms with E-state index in [2.05, 4.69) is 26.6 Å². The van der Waals surface area contributed by atoms with Crippen LogP contribution in [0.1, 0.15) is 22.8 Å². The van der Waals surface area contributed by atoms with Crippen LogP contribution in [0.25, 0.3) is 0 Å². The van der Waals surface area contributed by atoms with E-state index in [-0.39, 0.29) is 5.91 Å². The van der Waals surface area contributed by atoms with Gasteiger partial charge in [-0.3, -0.25) is 4.79 Å². The third kappa shape index (κ3) is 2.12. The molecule has 1 amide bonds. The number of anilines is 1. The van der Waals surface area contributed by atoms with Gasteiger partial charge in [0.2, 0.25) is 0 Å². The van der Waals surface area contributed by atoms with Crippen LogP contribution in [0.4, 0.5) is 5.69 Å². The lowest BCUT2D eigenvalue weighted by Crippen LogP contribution is -2.52. The van der Waals surface area contributed by atoms with Gasteiger partial charge in [-0.15, -0.1) is 0 Å². The Balaban J connectivity index is 2.07. The van der Waals surface area contributed by atoms with Gasteiger partial charge in [-0.25, -0.2) is 0 Å². The fraction of sp³-hybridized carbons (Fsp3) is 0.133. The van der Waals surface area contributed by atoms with Crippen molar-refractivity contribution in [2.24, 2.45) is 0 Å². The second kappa shape index (κ2) is 4.38. The molecule has 2 N–H and O–H groups in total. The number of amides is 1. The Morgan fingerprint density at radius 3 is 2.53 bits per heavy atom. The lowest BCUT2D eigenvalue weighted by atomic mass is 9.96. The van der Waals surface area contributed by atoms with E-state index in [4.69, 9.17) is 0 Å². The minimum Gasteiger partial charge on any atom is -0.359 e. The summed E-state index contributed by atoms with van der Waals surface area (Å²) in [6.45, 7) is 1.96. The van der Waals surface area contributed by atoms with Gasteiger partial charge in [-0.2, -0.15) is 0 Å². The Morgan fingerprint density at radius 2 is 1.79 bits per heavy atom. The highest BCUT2D eigenvalue weighted by molar-refractivity contribution is 9.10. The summed E-state index contributed by atoms with van der Waals surface area (Å²) in [5, 5.41) is 6.42. The molecule has 19 heavy (non-hydrogen) atoms. The molecule has 0 aliphatic carbocycles. The first-order valence-electron chi connectivity index (χ1n) is 6.04. The van der Waals surface area contributed by atoms with Gasteiger partial charge >= 0.3 is 0 Å². The molecule has 1 aliphatic heterocycles. The molecule has 1 atom stereocenters. The predicted octanol–water partition coefficient (Wildman–Crippen LogP) is 3.48. The van der Waals surface area contributed by atoms with Gasteiger partial charge in [-0.05, 0) is 30.7 Å². The van der Waals surface area contributed by atoms with Crippen molar-refractivity contribution in [3.63, 3.8) is 0 Å². The number of benzene rings is 2. The zero-order valence-corrected chi connectivity index (χ0v) is 12.0. The predicted molar refractivity (Wildman–Crippen MR) is 79.0 cm³/mol. The topological polar surface area (TPSA) is 41.1 Å². The van der Waals surface area contributed by atoms with Crippen LogP contribution in [-0.4, -0.2) is 5.91 Å². The summed E-state index contributed by atoms with van der Waals surface area (Å²) in [6, 6.07) is 15.5. The lowest BCUT2D eigenvalue weighted by molar-refractivity contribution is 0.0906. The molecule has 0 saturated carbocycles. The minimum atomic E-state index is -0.591. The second-order valence-electron chi connectivity index (χ2n) is 4.76. The first-order chi connectivity index (χ1) is 9.08. The normalized spacial score (nSPS) is 21.3. The van der Waals surface area contributed by atoms with Gasteiger partial charge in [0.15, 0.2) is 0 Å². The van der Waals surface area contributed by atoms with Crippen LogP contribution in [0.3, 0.4) is 0 Å². The first-order valence-corrected chi connectivity index (χ1v) is 6.83. The summed E-state index contributed by atoms with van der Waals surface area (Å²) in [7, 11) is 0.